The van der Waals surface area contributed by atoms with Gasteiger partial charge in [-0.25, -0.2) is 4.98 Å². The highest BCUT2D eigenvalue weighted by atomic mass is 16.6. The van der Waals surface area contributed by atoms with Crippen LogP contribution in [0.3, 0.4) is 0 Å². The molecular weight excluding hydrogens is 554 g/mol. The van der Waals surface area contributed by atoms with Crippen molar-refractivity contribution < 1.29 is 14.7 Å². The van der Waals surface area contributed by atoms with Gasteiger partial charge in [0.05, 0.1) is 17.5 Å². The molecule has 0 spiro atoms. The molecule has 3 heterocycles. The maximum atomic E-state index is 14.4. The van der Waals surface area contributed by atoms with Crippen molar-refractivity contribution in [2.24, 2.45) is 22.9 Å². The minimum absolute atomic E-state index is 0.0728. The largest absolute Gasteiger partial charge is 0.481 e. The summed E-state index contributed by atoms with van der Waals surface area (Å²) in [5, 5.41) is 13.7. The summed E-state index contributed by atoms with van der Waals surface area (Å²) in [6.07, 6.45) is 13.8. The van der Waals surface area contributed by atoms with E-state index in [1.54, 1.807) is 0 Å². The third-order valence-corrected chi connectivity index (χ3v) is 11.0. The minimum atomic E-state index is -0.940. The second-order valence-corrected chi connectivity index (χ2v) is 14.3. The fourth-order valence-corrected chi connectivity index (χ4v) is 9.21. The van der Waals surface area contributed by atoms with E-state index in [4.69, 9.17) is 9.82 Å². The summed E-state index contributed by atoms with van der Waals surface area (Å²) >= 11 is 0. The second kappa shape index (κ2) is 13.7. The van der Waals surface area contributed by atoms with E-state index in [9.17, 15) is 14.7 Å². The summed E-state index contributed by atoms with van der Waals surface area (Å²) in [4.78, 5) is 41.2. The van der Waals surface area contributed by atoms with Crippen LogP contribution in [0.1, 0.15) is 102 Å². The van der Waals surface area contributed by atoms with Gasteiger partial charge in [-0.05, 0) is 102 Å². The summed E-state index contributed by atoms with van der Waals surface area (Å²) in [6, 6.07) is 9.61. The molecule has 6 atom stereocenters. The predicted molar refractivity (Wildman–Crippen MR) is 173 cm³/mol. The van der Waals surface area contributed by atoms with Gasteiger partial charge in [0.15, 0.2) is 5.69 Å². The van der Waals surface area contributed by atoms with E-state index in [1.165, 1.54) is 57.8 Å². The van der Waals surface area contributed by atoms with Crippen molar-refractivity contribution in [1.82, 2.24) is 19.4 Å². The van der Waals surface area contributed by atoms with Crippen LogP contribution in [0.4, 0.5) is 0 Å². The number of oxime groups is 1. The standard InChI is InChI=1S/C35H51N5O4/c1-4-23-16-24-18-25(17-23)20-28(19-24)39-26-8-7-9-27(39)22-29(21-26)40-32-11-6-5-10-30(32)36-34(35(40)43)31(12-13-33(41)42)37-44-15-14-38(2)3/h5-6,10-11,23-29H,4,7-9,12-22H2,1-3H3,(H,41,42)/b37-31+/t23-,24+,25?,26?,27?,28?,29?/m1/s1. The molecule has 0 amide bonds. The molecule has 4 fully saturated rings. The van der Waals surface area contributed by atoms with Crippen LogP contribution in [0.25, 0.3) is 11.0 Å². The molecule has 6 rings (SSSR count). The molecule has 2 saturated heterocycles. The van der Waals surface area contributed by atoms with Gasteiger partial charge >= 0.3 is 5.97 Å². The van der Waals surface area contributed by atoms with Crippen LogP contribution in [0.2, 0.25) is 0 Å². The van der Waals surface area contributed by atoms with Gasteiger partial charge in [-0.3, -0.25) is 14.5 Å². The number of carboxylic acids is 1. The number of hydrogen-bond donors (Lipinski definition) is 1. The van der Waals surface area contributed by atoms with Crippen molar-refractivity contribution in [3.8, 4) is 0 Å². The molecular formula is C35H51N5O4. The lowest BCUT2D eigenvalue weighted by Crippen LogP contribution is -2.59. The molecule has 1 aromatic heterocycles. The topological polar surface area (TPSA) is 100 Å². The Kier molecular flexibility index (Phi) is 9.71. The number of carbonyl (C=O) groups is 1. The van der Waals surface area contributed by atoms with Crippen molar-refractivity contribution in [1.29, 1.82) is 0 Å². The van der Waals surface area contributed by atoms with Gasteiger partial charge < -0.3 is 19.4 Å². The van der Waals surface area contributed by atoms with E-state index in [0.717, 1.165) is 41.6 Å². The minimum Gasteiger partial charge on any atom is -0.481 e. The zero-order chi connectivity index (χ0) is 30.8. The van der Waals surface area contributed by atoms with Gasteiger partial charge in [-0.1, -0.05) is 37.1 Å². The smallest absolute Gasteiger partial charge is 0.303 e. The average molecular weight is 606 g/mol. The van der Waals surface area contributed by atoms with E-state index >= 15 is 0 Å². The maximum Gasteiger partial charge on any atom is 0.303 e. The molecule has 44 heavy (non-hydrogen) atoms. The van der Waals surface area contributed by atoms with Crippen molar-refractivity contribution in [2.75, 3.05) is 27.2 Å². The van der Waals surface area contributed by atoms with E-state index in [-0.39, 0.29) is 30.1 Å². The Morgan fingerprint density at radius 3 is 2.34 bits per heavy atom. The van der Waals surface area contributed by atoms with Crippen LogP contribution >= 0.6 is 0 Å². The summed E-state index contributed by atoms with van der Waals surface area (Å²) in [5.74, 6) is 1.75. The Balaban J connectivity index is 1.30. The fraction of sp³-hybridized carbons (Fsp3) is 0.714. The highest BCUT2D eigenvalue weighted by Gasteiger charge is 2.46. The van der Waals surface area contributed by atoms with E-state index in [0.29, 0.717) is 37.0 Å². The second-order valence-electron chi connectivity index (χ2n) is 14.3. The van der Waals surface area contributed by atoms with Gasteiger partial charge in [0, 0.05) is 37.1 Å². The molecule has 4 unspecified atom stereocenters. The van der Waals surface area contributed by atoms with Gasteiger partial charge in [0.2, 0.25) is 0 Å². The van der Waals surface area contributed by atoms with Crippen LogP contribution in [0.15, 0.2) is 34.2 Å². The first-order valence-corrected chi connectivity index (χ1v) is 17.1. The zero-order valence-corrected chi connectivity index (χ0v) is 26.9. The van der Waals surface area contributed by atoms with Gasteiger partial charge in [-0.2, -0.15) is 0 Å². The first kappa shape index (κ1) is 31.2. The number of carboxylic acid groups (broad SMARTS) is 1. The Hall–Kier alpha value is -2.78. The number of nitrogens with zero attached hydrogens (tertiary/aromatic N) is 5. The number of benzene rings is 1. The molecule has 2 aromatic rings. The van der Waals surface area contributed by atoms with Crippen LogP contribution < -0.4 is 5.56 Å². The molecule has 1 N–H and O–H groups in total. The highest BCUT2D eigenvalue weighted by Crippen LogP contribution is 2.49. The van der Waals surface area contributed by atoms with Crippen molar-refractivity contribution in [3.63, 3.8) is 0 Å². The first-order chi connectivity index (χ1) is 21.3. The predicted octanol–water partition coefficient (Wildman–Crippen LogP) is 5.71. The number of fused-ring (bicyclic) bond motifs is 5. The van der Waals surface area contributed by atoms with Crippen molar-refractivity contribution >= 4 is 22.7 Å². The molecule has 9 heteroatoms. The molecule has 0 radical (unpaired) electrons. The number of para-hydroxylation sites is 2. The number of aromatic nitrogens is 2. The molecule has 9 nitrogen and oxygen atoms in total. The normalized spacial score (nSPS) is 30.9. The SMILES string of the molecule is CC[C@H]1CC2CC(N3C4CCCC3CC(n3c(=O)c(/C(CCC(=O)O)=N/OCCN(C)C)nc5ccccc53)C4)C[C@H](C2)C1. The number of aliphatic carboxylic acids is 1. The third-order valence-electron chi connectivity index (χ3n) is 11.0. The lowest BCUT2D eigenvalue weighted by atomic mass is 9.64. The molecule has 2 saturated carbocycles. The van der Waals surface area contributed by atoms with Crippen molar-refractivity contribution in [3.05, 3.63) is 40.3 Å². The first-order valence-electron chi connectivity index (χ1n) is 17.1. The van der Waals surface area contributed by atoms with Gasteiger partial charge in [0.25, 0.3) is 5.56 Å². The zero-order valence-electron chi connectivity index (χ0n) is 26.9. The Morgan fingerprint density at radius 2 is 1.68 bits per heavy atom. The number of piperidine rings is 2. The Morgan fingerprint density at radius 1 is 0.977 bits per heavy atom. The van der Waals surface area contributed by atoms with Crippen LogP contribution in [0.5, 0.6) is 0 Å². The van der Waals surface area contributed by atoms with Crippen molar-refractivity contribution in [2.45, 2.75) is 115 Å². The van der Waals surface area contributed by atoms with E-state index < -0.39 is 5.97 Å². The molecule has 2 aliphatic carbocycles. The third kappa shape index (κ3) is 6.74. The molecule has 2 aliphatic heterocycles. The lowest BCUT2D eigenvalue weighted by molar-refractivity contribution is -0.136. The lowest BCUT2D eigenvalue weighted by Gasteiger charge is -2.56. The number of likely N-dealkylation sites (N-methyl/N-ethyl adjacent to an activating group) is 1. The fourth-order valence-electron chi connectivity index (χ4n) is 9.21. The Bertz CT molecular complexity index is 1380. The summed E-state index contributed by atoms with van der Waals surface area (Å²) in [6.45, 7) is 3.37. The summed E-state index contributed by atoms with van der Waals surface area (Å²) < 4.78 is 1.98. The molecule has 240 valence electrons. The number of rotatable bonds is 11. The van der Waals surface area contributed by atoms with Gasteiger partial charge in [0.1, 0.15) is 12.3 Å². The van der Waals surface area contributed by atoms with Gasteiger partial charge in [-0.15, -0.1) is 0 Å². The summed E-state index contributed by atoms with van der Waals surface area (Å²) in [7, 11) is 3.90. The quantitative estimate of drug-likeness (QED) is 0.199. The van der Waals surface area contributed by atoms with Crippen LogP contribution in [-0.2, 0) is 9.63 Å². The molecule has 1 aromatic carbocycles. The van der Waals surface area contributed by atoms with E-state index in [2.05, 4.69) is 17.0 Å². The highest BCUT2D eigenvalue weighted by molar-refractivity contribution is 6.00. The maximum absolute atomic E-state index is 14.4. The monoisotopic (exact) mass is 605 g/mol. The molecule has 4 aliphatic rings. The van der Waals surface area contributed by atoms with Crippen LogP contribution in [0, 0.1) is 17.8 Å². The Labute approximate surface area is 261 Å². The van der Waals surface area contributed by atoms with E-state index in [1.807, 2.05) is 47.8 Å². The summed E-state index contributed by atoms with van der Waals surface area (Å²) in [5.41, 5.74) is 1.93. The average Bonchev–Trinajstić information content (AvgIpc) is 2.99. The number of hydrogen-bond acceptors (Lipinski definition) is 7. The molecule has 4 bridgehead atoms. The van der Waals surface area contributed by atoms with Crippen LogP contribution in [-0.4, -0.2) is 81.5 Å².